The molecule has 0 amide bonds. The minimum Gasteiger partial charge on any atom is -0.372 e. The average Bonchev–Trinajstić information content (AvgIpc) is 3.03. The van der Waals surface area contributed by atoms with Crippen molar-refractivity contribution in [3.8, 4) is 0 Å². The molecule has 1 saturated carbocycles. The first-order valence-electron chi connectivity index (χ1n) is 5.53. The largest absolute Gasteiger partial charge is 0.372 e. The quantitative estimate of drug-likeness (QED) is 0.591. The van der Waals surface area contributed by atoms with Crippen molar-refractivity contribution in [3.63, 3.8) is 0 Å². The molecule has 2 rings (SSSR count). The van der Waals surface area contributed by atoms with Crippen molar-refractivity contribution in [1.82, 2.24) is 0 Å². The molecule has 1 unspecified atom stereocenters. The third-order valence-electron chi connectivity index (χ3n) is 2.78. The number of rotatable bonds is 5. The first kappa shape index (κ1) is 11.4. The van der Waals surface area contributed by atoms with Crippen LogP contribution in [0.3, 0.4) is 0 Å². The molecule has 0 bridgehead atoms. The lowest BCUT2D eigenvalue weighted by molar-refractivity contribution is 0.0629. The highest BCUT2D eigenvalue weighted by atomic mass is 127. The summed E-state index contributed by atoms with van der Waals surface area (Å²) in [5.41, 5.74) is 2.64. The van der Waals surface area contributed by atoms with Gasteiger partial charge in [-0.1, -0.05) is 52.4 Å². The minimum absolute atomic E-state index is 0.283. The molecule has 0 heterocycles. The van der Waals surface area contributed by atoms with Gasteiger partial charge in [-0.3, -0.25) is 0 Å². The molecule has 1 fully saturated rings. The third kappa shape index (κ3) is 3.45. The van der Waals surface area contributed by atoms with Crippen LogP contribution in [-0.4, -0.2) is 11.0 Å². The Labute approximate surface area is 105 Å². The van der Waals surface area contributed by atoms with E-state index in [0.29, 0.717) is 0 Å². The molecular weight excluding hydrogens is 299 g/mol. The summed E-state index contributed by atoms with van der Waals surface area (Å²) >= 11 is 2.41. The summed E-state index contributed by atoms with van der Waals surface area (Å²) < 4.78 is 6.98. The zero-order valence-corrected chi connectivity index (χ0v) is 11.2. The van der Waals surface area contributed by atoms with Gasteiger partial charge in [-0.25, -0.2) is 0 Å². The van der Waals surface area contributed by atoms with Gasteiger partial charge in [0.05, 0.1) is 12.7 Å². The summed E-state index contributed by atoms with van der Waals surface area (Å²) in [6.45, 7) is 3.08. The monoisotopic (exact) mass is 316 g/mol. The molecular formula is C13H17IO. The molecule has 0 aromatic heterocycles. The predicted octanol–water partition coefficient (Wildman–Crippen LogP) is 3.90. The molecule has 15 heavy (non-hydrogen) atoms. The fraction of sp³-hybridized carbons (Fsp3) is 0.538. The van der Waals surface area contributed by atoms with Crippen LogP contribution in [0.15, 0.2) is 24.3 Å². The molecule has 1 aromatic carbocycles. The molecule has 82 valence electrons. The van der Waals surface area contributed by atoms with Crippen LogP contribution >= 0.6 is 22.6 Å². The summed E-state index contributed by atoms with van der Waals surface area (Å²) in [6.07, 6.45) is 3.01. The van der Waals surface area contributed by atoms with Gasteiger partial charge in [-0.15, -0.1) is 0 Å². The van der Waals surface area contributed by atoms with Crippen LogP contribution in [0, 0.1) is 12.8 Å². The van der Waals surface area contributed by atoms with E-state index in [4.69, 9.17) is 4.74 Å². The van der Waals surface area contributed by atoms with Crippen molar-refractivity contribution >= 4 is 22.6 Å². The van der Waals surface area contributed by atoms with Crippen molar-refractivity contribution in [3.05, 3.63) is 35.4 Å². The normalized spacial score (nSPS) is 17.7. The number of hydrogen-bond donors (Lipinski definition) is 0. The van der Waals surface area contributed by atoms with Crippen molar-refractivity contribution < 1.29 is 4.74 Å². The van der Waals surface area contributed by atoms with Crippen molar-refractivity contribution in [2.24, 2.45) is 5.92 Å². The van der Waals surface area contributed by atoms with Crippen molar-refractivity contribution in [2.75, 3.05) is 11.0 Å². The van der Waals surface area contributed by atoms with Gasteiger partial charge in [0.1, 0.15) is 0 Å². The zero-order valence-electron chi connectivity index (χ0n) is 9.08. The van der Waals surface area contributed by atoms with Gasteiger partial charge in [0.25, 0.3) is 0 Å². The van der Waals surface area contributed by atoms with E-state index in [0.717, 1.165) is 17.0 Å². The van der Waals surface area contributed by atoms with E-state index in [1.807, 2.05) is 0 Å². The first-order chi connectivity index (χ1) is 7.29. The molecule has 1 atom stereocenters. The summed E-state index contributed by atoms with van der Waals surface area (Å²) in [7, 11) is 0. The summed E-state index contributed by atoms with van der Waals surface area (Å²) in [6, 6.07) is 8.65. The second kappa shape index (κ2) is 5.30. The van der Waals surface area contributed by atoms with Crippen LogP contribution < -0.4 is 0 Å². The van der Waals surface area contributed by atoms with Gasteiger partial charge in [0, 0.05) is 4.43 Å². The Hall–Kier alpha value is -0.0900. The predicted molar refractivity (Wildman–Crippen MR) is 71.5 cm³/mol. The number of alkyl halides is 1. The lowest BCUT2D eigenvalue weighted by Crippen LogP contribution is -2.08. The van der Waals surface area contributed by atoms with Gasteiger partial charge in [-0.05, 0) is 31.2 Å². The van der Waals surface area contributed by atoms with E-state index < -0.39 is 0 Å². The molecule has 0 saturated heterocycles. The first-order valence-corrected chi connectivity index (χ1v) is 7.06. The minimum atomic E-state index is 0.283. The van der Waals surface area contributed by atoms with E-state index >= 15 is 0 Å². The molecule has 2 heteroatoms. The smallest absolute Gasteiger partial charge is 0.0914 e. The van der Waals surface area contributed by atoms with Gasteiger partial charge in [0.15, 0.2) is 0 Å². The Morgan fingerprint density at radius 3 is 2.87 bits per heavy atom. The van der Waals surface area contributed by atoms with E-state index in [1.54, 1.807) is 0 Å². The van der Waals surface area contributed by atoms with Crippen molar-refractivity contribution in [2.45, 2.75) is 25.9 Å². The SMILES string of the molecule is Cc1cccc(C(CI)OCC2CC2)c1. The molecule has 0 radical (unpaired) electrons. The molecule has 0 spiro atoms. The van der Waals surface area contributed by atoms with E-state index in [2.05, 4.69) is 53.8 Å². The highest BCUT2D eigenvalue weighted by Gasteiger charge is 2.23. The van der Waals surface area contributed by atoms with Crippen LogP contribution in [0.25, 0.3) is 0 Å². The lowest BCUT2D eigenvalue weighted by atomic mass is 10.1. The van der Waals surface area contributed by atoms with Gasteiger partial charge >= 0.3 is 0 Å². The molecule has 1 aliphatic rings. The Bertz CT molecular complexity index is 320. The van der Waals surface area contributed by atoms with Gasteiger partial charge in [-0.2, -0.15) is 0 Å². The van der Waals surface area contributed by atoms with Crippen molar-refractivity contribution in [1.29, 1.82) is 0 Å². The summed E-state index contributed by atoms with van der Waals surface area (Å²) in [5, 5.41) is 0. The van der Waals surface area contributed by atoms with E-state index in [9.17, 15) is 0 Å². The van der Waals surface area contributed by atoms with Crippen LogP contribution in [-0.2, 0) is 4.74 Å². The molecule has 0 aliphatic heterocycles. The zero-order chi connectivity index (χ0) is 10.7. The lowest BCUT2D eigenvalue weighted by Gasteiger charge is -2.16. The second-order valence-corrected chi connectivity index (χ2v) is 5.21. The average molecular weight is 316 g/mol. The maximum Gasteiger partial charge on any atom is 0.0914 e. The van der Waals surface area contributed by atoms with Crippen LogP contribution in [0.2, 0.25) is 0 Å². The molecule has 1 aliphatic carbocycles. The number of halogens is 1. The molecule has 1 nitrogen and oxygen atoms in total. The molecule has 0 N–H and O–H groups in total. The van der Waals surface area contributed by atoms with Crippen LogP contribution in [0.5, 0.6) is 0 Å². The van der Waals surface area contributed by atoms with Crippen LogP contribution in [0.1, 0.15) is 30.1 Å². The van der Waals surface area contributed by atoms with Gasteiger partial charge < -0.3 is 4.74 Å². The second-order valence-electron chi connectivity index (χ2n) is 4.33. The summed E-state index contributed by atoms with van der Waals surface area (Å²) in [4.78, 5) is 0. The Morgan fingerprint density at radius 1 is 1.47 bits per heavy atom. The Morgan fingerprint density at radius 2 is 2.27 bits per heavy atom. The highest BCUT2D eigenvalue weighted by Crippen LogP contribution is 2.31. The Balaban J connectivity index is 1.97. The number of aryl methyl sites for hydroxylation is 1. The molecule has 1 aromatic rings. The number of benzene rings is 1. The Kier molecular flexibility index (Phi) is 4.03. The maximum atomic E-state index is 5.95. The summed E-state index contributed by atoms with van der Waals surface area (Å²) in [5.74, 6) is 0.847. The number of hydrogen-bond acceptors (Lipinski definition) is 1. The van der Waals surface area contributed by atoms with E-state index in [1.165, 1.54) is 24.0 Å². The number of ether oxygens (including phenoxy) is 1. The highest BCUT2D eigenvalue weighted by molar-refractivity contribution is 14.1. The third-order valence-corrected chi connectivity index (χ3v) is 3.58. The topological polar surface area (TPSA) is 9.23 Å². The fourth-order valence-corrected chi connectivity index (χ4v) is 2.40. The standard InChI is InChI=1S/C13H17IO/c1-10-3-2-4-12(7-10)13(8-14)15-9-11-5-6-11/h2-4,7,11,13H,5-6,8-9H2,1H3. The van der Waals surface area contributed by atoms with Gasteiger partial charge in [0.2, 0.25) is 0 Å². The van der Waals surface area contributed by atoms with E-state index in [-0.39, 0.29) is 6.10 Å². The van der Waals surface area contributed by atoms with Crippen LogP contribution in [0.4, 0.5) is 0 Å². The fourth-order valence-electron chi connectivity index (χ4n) is 1.64. The maximum absolute atomic E-state index is 5.95.